The monoisotopic (exact) mass is 409 g/mol. The molecule has 0 aliphatic carbocycles. The van der Waals surface area contributed by atoms with E-state index in [2.05, 4.69) is 36.1 Å². The fraction of sp³-hybridized carbons (Fsp3) is 0.381. The molecule has 1 aliphatic heterocycles. The highest BCUT2D eigenvalue weighted by molar-refractivity contribution is 5.85. The van der Waals surface area contributed by atoms with E-state index in [1.165, 1.54) is 11.1 Å². The van der Waals surface area contributed by atoms with Gasteiger partial charge in [-0.25, -0.2) is 0 Å². The highest BCUT2D eigenvalue weighted by Gasteiger charge is 2.23. The lowest BCUT2D eigenvalue weighted by Gasteiger charge is -2.35. The third kappa shape index (κ3) is 6.82. The number of carbonyl (C=O) groups is 1. The fourth-order valence-electron chi connectivity index (χ4n) is 3.36. The molecule has 1 fully saturated rings. The molecule has 1 unspecified atom stereocenters. The number of benzene rings is 2. The first-order chi connectivity index (χ1) is 12.1. The van der Waals surface area contributed by atoms with Crippen LogP contribution in [0.4, 0.5) is 0 Å². The molecule has 0 spiro atoms. The molecule has 0 saturated carbocycles. The van der Waals surface area contributed by atoms with Gasteiger partial charge in [0.05, 0.1) is 0 Å². The summed E-state index contributed by atoms with van der Waals surface area (Å²) in [7, 11) is 0. The molecule has 0 radical (unpaired) electrons. The summed E-state index contributed by atoms with van der Waals surface area (Å²) in [6.45, 7) is 6.47. The average Bonchev–Trinajstić information content (AvgIpc) is 2.63. The number of amides is 1. The van der Waals surface area contributed by atoms with Gasteiger partial charge in [-0.15, -0.1) is 24.8 Å². The summed E-state index contributed by atoms with van der Waals surface area (Å²) in [5.74, 6) is 0.159. The third-order valence-corrected chi connectivity index (χ3v) is 4.84. The Morgan fingerprint density at radius 3 is 2.30 bits per heavy atom. The molecule has 3 rings (SSSR count). The predicted octanol–water partition coefficient (Wildman–Crippen LogP) is 3.57. The second-order valence-corrected chi connectivity index (χ2v) is 6.87. The van der Waals surface area contributed by atoms with Crippen molar-refractivity contribution in [3.63, 3.8) is 0 Å². The Balaban J connectivity index is 0.00000182. The molecule has 6 heteroatoms. The number of hydrogen-bond donors (Lipinski definition) is 1. The van der Waals surface area contributed by atoms with Gasteiger partial charge in [0.1, 0.15) is 0 Å². The molecule has 1 aliphatic rings. The van der Waals surface area contributed by atoms with Gasteiger partial charge in [-0.3, -0.25) is 9.69 Å². The van der Waals surface area contributed by atoms with E-state index in [9.17, 15) is 4.79 Å². The van der Waals surface area contributed by atoms with Crippen LogP contribution in [-0.4, -0.2) is 41.9 Å². The Kier molecular flexibility index (Phi) is 9.81. The molecule has 4 nitrogen and oxygen atoms in total. The Morgan fingerprint density at radius 1 is 1.00 bits per heavy atom. The zero-order valence-corrected chi connectivity index (χ0v) is 17.3. The minimum Gasteiger partial charge on any atom is -0.340 e. The normalized spacial score (nSPS) is 15.4. The lowest BCUT2D eigenvalue weighted by Crippen LogP contribution is -2.48. The molecule has 148 valence electrons. The van der Waals surface area contributed by atoms with E-state index in [0.717, 1.165) is 38.3 Å². The summed E-state index contributed by atoms with van der Waals surface area (Å²) >= 11 is 0. The summed E-state index contributed by atoms with van der Waals surface area (Å²) in [5.41, 5.74) is 9.84. The zero-order chi connectivity index (χ0) is 17.6. The number of nitrogens with two attached hydrogens (primary N) is 1. The number of carbonyl (C=O) groups excluding carboxylic acids is 1. The predicted molar refractivity (Wildman–Crippen MR) is 116 cm³/mol. The Labute approximate surface area is 174 Å². The van der Waals surface area contributed by atoms with Crippen molar-refractivity contribution in [2.45, 2.75) is 25.9 Å². The van der Waals surface area contributed by atoms with Crippen LogP contribution in [0.25, 0.3) is 0 Å². The van der Waals surface area contributed by atoms with Crippen molar-refractivity contribution in [3.05, 3.63) is 71.3 Å². The SMILES string of the molecule is Cc1cccc(CN2CCN(C(=O)CC(N)c3ccccc3)CC2)c1.Cl.Cl. The van der Waals surface area contributed by atoms with Crippen molar-refractivity contribution in [2.24, 2.45) is 5.73 Å². The minimum absolute atomic E-state index is 0. The quantitative estimate of drug-likeness (QED) is 0.820. The molecule has 2 aromatic rings. The first-order valence-corrected chi connectivity index (χ1v) is 8.98. The number of hydrogen-bond acceptors (Lipinski definition) is 3. The lowest BCUT2D eigenvalue weighted by atomic mass is 10.0. The standard InChI is InChI=1S/C21H27N3O.2ClH/c1-17-6-5-7-18(14-17)16-23-10-12-24(13-11-23)21(25)15-20(22)19-8-3-2-4-9-19;;/h2-9,14,20H,10-13,15-16,22H2,1H3;2*1H. The van der Waals surface area contributed by atoms with E-state index in [1.807, 2.05) is 35.2 Å². The average molecular weight is 410 g/mol. The van der Waals surface area contributed by atoms with E-state index in [0.29, 0.717) is 6.42 Å². The molecule has 1 atom stereocenters. The van der Waals surface area contributed by atoms with Gasteiger partial charge in [-0.1, -0.05) is 60.2 Å². The molecule has 1 saturated heterocycles. The van der Waals surface area contributed by atoms with E-state index in [-0.39, 0.29) is 36.8 Å². The number of halogens is 2. The Hall–Kier alpha value is -1.59. The van der Waals surface area contributed by atoms with Gasteiger partial charge < -0.3 is 10.6 Å². The van der Waals surface area contributed by atoms with Crippen molar-refractivity contribution >= 4 is 30.7 Å². The van der Waals surface area contributed by atoms with Crippen molar-refractivity contribution in [3.8, 4) is 0 Å². The highest BCUT2D eigenvalue weighted by atomic mass is 35.5. The van der Waals surface area contributed by atoms with Gasteiger partial charge in [-0.2, -0.15) is 0 Å². The topological polar surface area (TPSA) is 49.6 Å². The maximum atomic E-state index is 12.5. The van der Waals surface area contributed by atoms with Gasteiger partial charge in [0.2, 0.25) is 5.91 Å². The fourth-order valence-corrected chi connectivity index (χ4v) is 3.36. The summed E-state index contributed by atoms with van der Waals surface area (Å²) < 4.78 is 0. The highest BCUT2D eigenvalue weighted by Crippen LogP contribution is 2.16. The Morgan fingerprint density at radius 2 is 1.67 bits per heavy atom. The van der Waals surface area contributed by atoms with Crippen LogP contribution in [0.2, 0.25) is 0 Å². The van der Waals surface area contributed by atoms with Crippen LogP contribution >= 0.6 is 24.8 Å². The van der Waals surface area contributed by atoms with Crippen molar-refractivity contribution < 1.29 is 4.79 Å². The largest absolute Gasteiger partial charge is 0.340 e. The van der Waals surface area contributed by atoms with Crippen LogP contribution in [0.5, 0.6) is 0 Å². The van der Waals surface area contributed by atoms with Crippen LogP contribution < -0.4 is 5.73 Å². The van der Waals surface area contributed by atoms with E-state index in [4.69, 9.17) is 5.73 Å². The van der Waals surface area contributed by atoms with Gasteiger partial charge in [0.15, 0.2) is 0 Å². The summed E-state index contributed by atoms with van der Waals surface area (Å²) in [6, 6.07) is 18.3. The zero-order valence-electron chi connectivity index (χ0n) is 15.7. The molecular formula is C21H29Cl2N3O. The van der Waals surface area contributed by atoms with Gasteiger partial charge >= 0.3 is 0 Å². The third-order valence-electron chi connectivity index (χ3n) is 4.84. The second-order valence-electron chi connectivity index (χ2n) is 6.87. The molecule has 27 heavy (non-hydrogen) atoms. The molecule has 2 N–H and O–H groups in total. The molecule has 1 amide bonds. The summed E-state index contributed by atoms with van der Waals surface area (Å²) in [5, 5.41) is 0. The van der Waals surface area contributed by atoms with Crippen LogP contribution in [-0.2, 0) is 11.3 Å². The minimum atomic E-state index is -0.223. The van der Waals surface area contributed by atoms with Crippen LogP contribution in [0.1, 0.15) is 29.2 Å². The first-order valence-electron chi connectivity index (χ1n) is 8.98. The number of rotatable bonds is 5. The molecular weight excluding hydrogens is 381 g/mol. The number of nitrogens with zero attached hydrogens (tertiary/aromatic N) is 2. The van der Waals surface area contributed by atoms with Crippen LogP contribution in [0.15, 0.2) is 54.6 Å². The summed E-state index contributed by atoms with van der Waals surface area (Å²) in [6.07, 6.45) is 0.377. The lowest BCUT2D eigenvalue weighted by molar-refractivity contribution is -0.133. The number of aryl methyl sites for hydroxylation is 1. The van der Waals surface area contributed by atoms with Crippen LogP contribution in [0, 0.1) is 6.92 Å². The van der Waals surface area contributed by atoms with Crippen molar-refractivity contribution in [1.82, 2.24) is 9.80 Å². The van der Waals surface area contributed by atoms with E-state index >= 15 is 0 Å². The van der Waals surface area contributed by atoms with Gasteiger partial charge in [-0.05, 0) is 18.1 Å². The van der Waals surface area contributed by atoms with Crippen molar-refractivity contribution in [1.29, 1.82) is 0 Å². The smallest absolute Gasteiger partial charge is 0.224 e. The van der Waals surface area contributed by atoms with Gasteiger partial charge in [0.25, 0.3) is 0 Å². The first kappa shape index (κ1) is 23.4. The molecule has 0 aromatic heterocycles. The van der Waals surface area contributed by atoms with Gasteiger partial charge in [0, 0.05) is 45.2 Å². The van der Waals surface area contributed by atoms with E-state index < -0.39 is 0 Å². The van der Waals surface area contributed by atoms with Crippen molar-refractivity contribution in [2.75, 3.05) is 26.2 Å². The summed E-state index contributed by atoms with van der Waals surface area (Å²) in [4.78, 5) is 16.9. The molecule has 2 aromatic carbocycles. The van der Waals surface area contributed by atoms with E-state index in [1.54, 1.807) is 0 Å². The molecule has 0 bridgehead atoms. The molecule has 1 heterocycles. The second kappa shape index (κ2) is 11.3. The maximum absolute atomic E-state index is 12.5. The Bertz CT molecular complexity index is 704. The number of piperazine rings is 1. The van der Waals surface area contributed by atoms with Crippen LogP contribution in [0.3, 0.4) is 0 Å². The maximum Gasteiger partial charge on any atom is 0.224 e.